The van der Waals surface area contributed by atoms with Gasteiger partial charge in [0.25, 0.3) is 11.5 Å². The third-order valence-corrected chi connectivity index (χ3v) is 3.68. The number of benzene rings is 1. The maximum Gasteiger partial charge on any atom is 0.274 e. The van der Waals surface area contributed by atoms with Crippen molar-refractivity contribution in [3.8, 4) is 0 Å². The molecule has 110 valence electrons. The Kier molecular flexibility index (Phi) is 5.00. The molecule has 0 saturated heterocycles. The molecule has 0 aliphatic carbocycles. The molecule has 1 amide bonds. The zero-order valence-electron chi connectivity index (χ0n) is 11.8. The number of anilines is 1. The van der Waals surface area contributed by atoms with Crippen LogP contribution in [0.1, 0.15) is 31.4 Å². The van der Waals surface area contributed by atoms with E-state index in [-0.39, 0.29) is 0 Å². The van der Waals surface area contributed by atoms with Gasteiger partial charge < -0.3 is 5.32 Å². The van der Waals surface area contributed by atoms with Gasteiger partial charge in [0, 0.05) is 18.8 Å². The van der Waals surface area contributed by atoms with Gasteiger partial charge in [0.2, 0.25) is 0 Å². The van der Waals surface area contributed by atoms with E-state index in [9.17, 15) is 9.18 Å². The Morgan fingerprint density at radius 2 is 2.10 bits per heavy atom. The average molecular weight is 299 g/mol. The van der Waals surface area contributed by atoms with Gasteiger partial charge >= 0.3 is 0 Å². The summed E-state index contributed by atoms with van der Waals surface area (Å²) in [5, 5.41) is 2.47. The van der Waals surface area contributed by atoms with Gasteiger partial charge in [-0.3, -0.25) is 9.69 Å². The van der Waals surface area contributed by atoms with Crippen LogP contribution >= 0.6 is 11.6 Å². The number of hydrogen-bond acceptors (Lipinski definition) is 2. The molecule has 1 unspecified atom stereocenters. The lowest BCUT2D eigenvalue weighted by atomic mass is 10.1. The van der Waals surface area contributed by atoms with Crippen LogP contribution in [0.15, 0.2) is 18.2 Å². The number of nitrogens with zero attached hydrogens (tertiary/aromatic N) is 1. The Labute approximate surface area is 124 Å². The van der Waals surface area contributed by atoms with Crippen molar-refractivity contribution in [2.75, 3.05) is 11.9 Å². The number of fused-ring (bicyclic) bond motifs is 1. The summed E-state index contributed by atoms with van der Waals surface area (Å²) in [4.78, 5) is 13.6. The van der Waals surface area contributed by atoms with Crippen LogP contribution in [0.4, 0.5) is 10.1 Å². The summed E-state index contributed by atoms with van der Waals surface area (Å²) in [6.07, 6.45) is 1.17. The number of carbonyl (C=O) groups excluding carboxylic acids is 1. The van der Waals surface area contributed by atoms with Crippen molar-refractivity contribution < 1.29 is 9.18 Å². The second kappa shape index (κ2) is 6.55. The molecule has 0 radical (unpaired) electrons. The molecule has 20 heavy (non-hydrogen) atoms. The van der Waals surface area contributed by atoms with Crippen LogP contribution in [0.25, 0.3) is 0 Å². The summed E-state index contributed by atoms with van der Waals surface area (Å²) in [6.45, 7) is 7.33. The fraction of sp³-hybridized carbons (Fsp3) is 0.533. The van der Waals surface area contributed by atoms with Crippen LogP contribution in [0, 0.1) is 5.92 Å². The molecule has 2 rings (SSSR count). The third kappa shape index (κ3) is 3.93. The first kappa shape index (κ1) is 15.3. The van der Waals surface area contributed by atoms with Crippen LogP contribution < -0.4 is 5.32 Å². The molecule has 0 aromatic heterocycles. The highest BCUT2D eigenvalue weighted by Crippen LogP contribution is 2.26. The van der Waals surface area contributed by atoms with E-state index in [1.165, 1.54) is 17.5 Å². The van der Waals surface area contributed by atoms with E-state index in [0.29, 0.717) is 11.6 Å². The average Bonchev–Trinajstić information content (AvgIpc) is 2.78. The Morgan fingerprint density at radius 3 is 2.75 bits per heavy atom. The lowest BCUT2D eigenvalue weighted by Gasteiger charge is -2.15. The lowest BCUT2D eigenvalue weighted by molar-refractivity contribution is -0.118. The SMILES string of the molecule is CC(C)CCN1Cc2ccc(NC(=O)C(F)Cl)cc2C1. The summed E-state index contributed by atoms with van der Waals surface area (Å²) in [7, 11) is 0. The van der Waals surface area contributed by atoms with Gasteiger partial charge in [-0.1, -0.05) is 31.5 Å². The molecule has 1 aromatic rings. The highest BCUT2D eigenvalue weighted by atomic mass is 35.5. The smallest absolute Gasteiger partial charge is 0.274 e. The van der Waals surface area contributed by atoms with Crippen molar-refractivity contribution in [2.24, 2.45) is 5.92 Å². The van der Waals surface area contributed by atoms with Gasteiger partial charge in [-0.25, -0.2) is 4.39 Å². The minimum Gasteiger partial charge on any atom is -0.322 e. The minimum absolute atomic E-state index is 0.600. The molecular formula is C15H20ClFN2O. The molecule has 0 fully saturated rings. The maximum atomic E-state index is 12.6. The molecule has 1 heterocycles. The van der Waals surface area contributed by atoms with Crippen molar-refractivity contribution in [1.29, 1.82) is 0 Å². The third-order valence-electron chi connectivity index (χ3n) is 3.48. The maximum absolute atomic E-state index is 12.6. The Morgan fingerprint density at radius 1 is 1.40 bits per heavy atom. The molecule has 1 aromatic carbocycles. The van der Waals surface area contributed by atoms with Crippen LogP contribution in [0.2, 0.25) is 0 Å². The first-order valence-electron chi connectivity index (χ1n) is 6.89. The first-order chi connectivity index (χ1) is 9.45. The van der Waals surface area contributed by atoms with Crippen molar-refractivity contribution >= 4 is 23.2 Å². The van der Waals surface area contributed by atoms with Crippen molar-refractivity contribution in [1.82, 2.24) is 4.90 Å². The predicted molar refractivity (Wildman–Crippen MR) is 79.4 cm³/mol. The molecule has 5 heteroatoms. The summed E-state index contributed by atoms with van der Waals surface area (Å²) < 4.78 is 12.6. The normalized spacial score (nSPS) is 16.2. The Bertz CT molecular complexity index is 491. The van der Waals surface area contributed by atoms with Crippen molar-refractivity contribution in [3.05, 3.63) is 29.3 Å². The minimum atomic E-state index is -2.01. The van der Waals surface area contributed by atoms with Gasteiger partial charge in [0.1, 0.15) is 0 Å². The lowest BCUT2D eigenvalue weighted by Crippen LogP contribution is -2.19. The number of carbonyl (C=O) groups is 1. The fourth-order valence-electron chi connectivity index (χ4n) is 2.34. The quantitative estimate of drug-likeness (QED) is 0.844. The zero-order valence-corrected chi connectivity index (χ0v) is 12.6. The standard InChI is InChI=1S/C15H20ClFN2O/c1-10(2)5-6-19-8-11-3-4-13(7-12(11)9-19)18-15(20)14(16)17/h3-4,7,10,14H,5-6,8-9H2,1-2H3,(H,18,20). The van der Waals surface area contributed by atoms with Crippen LogP contribution in [0.5, 0.6) is 0 Å². The molecular weight excluding hydrogens is 279 g/mol. The molecule has 1 N–H and O–H groups in total. The molecule has 1 aliphatic rings. The van der Waals surface area contributed by atoms with Gasteiger partial charge in [0.15, 0.2) is 0 Å². The highest BCUT2D eigenvalue weighted by Gasteiger charge is 2.20. The van der Waals surface area contributed by atoms with Gasteiger partial charge in [-0.2, -0.15) is 0 Å². The van der Waals surface area contributed by atoms with E-state index >= 15 is 0 Å². The summed E-state index contributed by atoms with van der Waals surface area (Å²) in [5.74, 6) is -0.125. The number of halogens is 2. The van der Waals surface area contributed by atoms with E-state index in [2.05, 4.69) is 24.1 Å². The number of alkyl halides is 2. The van der Waals surface area contributed by atoms with Gasteiger partial charge in [0.05, 0.1) is 0 Å². The fourth-order valence-corrected chi connectivity index (χ4v) is 2.39. The topological polar surface area (TPSA) is 32.3 Å². The summed E-state index contributed by atoms with van der Waals surface area (Å²) >= 11 is 5.10. The van der Waals surface area contributed by atoms with E-state index in [1.807, 2.05) is 12.1 Å². The second-order valence-corrected chi connectivity index (χ2v) is 6.05. The monoisotopic (exact) mass is 298 g/mol. The van der Waals surface area contributed by atoms with E-state index in [0.717, 1.165) is 19.6 Å². The van der Waals surface area contributed by atoms with E-state index in [1.54, 1.807) is 6.07 Å². The number of amides is 1. The highest BCUT2D eigenvalue weighted by molar-refractivity contribution is 6.31. The molecule has 0 bridgehead atoms. The predicted octanol–water partition coefficient (Wildman–Crippen LogP) is 3.52. The molecule has 1 aliphatic heterocycles. The zero-order chi connectivity index (χ0) is 14.7. The van der Waals surface area contributed by atoms with Crippen LogP contribution in [-0.4, -0.2) is 23.0 Å². The first-order valence-corrected chi connectivity index (χ1v) is 7.32. The Hall–Kier alpha value is -1.13. The number of rotatable bonds is 5. The van der Waals surface area contributed by atoms with E-state index < -0.39 is 11.5 Å². The molecule has 0 saturated carbocycles. The Balaban J connectivity index is 1.98. The largest absolute Gasteiger partial charge is 0.322 e. The molecule has 1 atom stereocenters. The molecule has 0 spiro atoms. The van der Waals surface area contributed by atoms with Crippen molar-refractivity contribution in [3.63, 3.8) is 0 Å². The molecule has 3 nitrogen and oxygen atoms in total. The van der Waals surface area contributed by atoms with Gasteiger partial charge in [-0.05, 0) is 42.1 Å². The number of nitrogens with one attached hydrogen (secondary N) is 1. The van der Waals surface area contributed by atoms with Crippen LogP contribution in [0.3, 0.4) is 0 Å². The van der Waals surface area contributed by atoms with Crippen molar-refractivity contribution in [2.45, 2.75) is 39.0 Å². The van der Waals surface area contributed by atoms with E-state index in [4.69, 9.17) is 11.6 Å². The second-order valence-electron chi connectivity index (χ2n) is 5.67. The van der Waals surface area contributed by atoms with Gasteiger partial charge in [-0.15, -0.1) is 0 Å². The summed E-state index contributed by atoms with van der Waals surface area (Å²) in [5.41, 5.74) is 1.06. The number of hydrogen-bond donors (Lipinski definition) is 1. The van der Waals surface area contributed by atoms with Crippen LogP contribution in [-0.2, 0) is 17.9 Å². The summed E-state index contributed by atoms with van der Waals surface area (Å²) in [6, 6.07) is 5.69.